The highest BCUT2D eigenvalue weighted by atomic mass is 16.1. The van der Waals surface area contributed by atoms with E-state index in [1.54, 1.807) is 0 Å². The van der Waals surface area contributed by atoms with Crippen molar-refractivity contribution >= 4 is 5.78 Å². The Hall–Kier alpha value is -0.370. The zero-order chi connectivity index (χ0) is 11.0. The van der Waals surface area contributed by atoms with Crippen LogP contribution in [-0.2, 0) is 4.79 Å². The van der Waals surface area contributed by atoms with Gasteiger partial charge in [-0.1, -0.05) is 25.7 Å². The van der Waals surface area contributed by atoms with Crippen LogP contribution in [0.2, 0.25) is 0 Å². The average molecular weight is 221 g/mol. The molecule has 2 nitrogen and oxygen atoms in total. The van der Waals surface area contributed by atoms with Gasteiger partial charge in [0.2, 0.25) is 0 Å². The lowest BCUT2D eigenvalue weighted by Gasteiger charge is -2.50. The minimum absolute atomic E-state index is 0.529. The first-order valence-electron chi connectivity index (χ1n) is 7.14. The molecule has 3 fully saturated rings. The molecule has 1 saturated carbocycles. The molecule has 3 aliphatic rings. The Morgan fingerprint density at radius 2 is 1.31 bits per heavy atom. The minimum atomic E-state index is 0.529. The summed E-state index contributed by atoms with van der Waals surface area (Å²) in [5.74, 6) is 0.529. The summed E-state index contributed by atoms with van der Waals surface area (Å²) < 4.78 is 0. The fourth-order valence-corrected chi connectivity index (χ4v) is 4.18. The number of carbonyl (C=O) groups is 1. The Bertz CT molecular complexity index is 254. The average Bonchev–Trinajstić information content (AvgIpc) is 2.29. The Labute approximate surface area is 98.4 Å². The molecular formula is C14H23NO. The maximum atomic E-state index is 11.7. The molecule has 0 radical (unpaired) electrons. The zero-order valence-electron chi connectivity index (χ0n) is 10.2. The maximum absolute atomic E-state index is 11.7. The lowest BCUT2D eigenvalue weighted by Crippen LogP contribution is -2.56. The number of piperidine rings is 2. The molecule has 0 aromatic carbocycles. The second-order valence-corrected chi connectivity index (χ2v) is 5.92. The quantitative estimate of drug-likeness (QED) is 0.678. The Morgan fingerprint density at radius 3 is 1.94 bits per heavy atom. The largest absolute Gasteiger partial charge is 0.300 e. The number of rotatable bonds is 1. The van der Waals surface area contributed by atoms with Gasteiger partial charge in [0.25, 0.3) is 0 Å². The van der Waals surface area contributed by atoms with Crippen molar-refractivity contribution in [2.75, 3.05) is 0 Å². The molecule has 0 N–H and O–H groups in total. The normalized spacial score (nSPS) is 37.6. The first kappa shape index (κ1) is 10.8. The van der Waals surface area contributed by atoms with Crippen LogP contribution in [0.3, 0.4) is 0 Å². The van der Waals surface area contributed by atoms with Gasteiger partial charge in [0.15, 0.2) is 0 Å². The third-order valence-electron chi connectivity index (χ3n) is 4.84. The van der Waals surface area contributed by atoms with E-state index < -0.39 is 0 Å². The van der Waals surface area contributed by atoms with E-state index in [-0.39, 0.29) is 0 Å². The second-order valence-electron chi connectivity index (χ2n) is 5.92. The molecule has 2 heteroatoms. The molecule has 1 aliphatic carbocycles. The van der Waals surface area contributed by atoms with Gasteiger partial charge in [-0.05, 0) is 25.7 Å². The van der Waals surface area contributed by atoms with E-state index >= 15 is 0 Å². The van der Waals surface area contributed by atoms with Crippen LogP contribution in [-0.4, -0.2) is 28.8 Å². The molecule has 90 valence electrons. The molecular weight excluding hydrogens is 198 g/mol. The van der Waals surface area contributed by atoms with Crippen molar-refractivity contribution < 1.29 is 4.79 Å². The molecule has 0 aromatic heterocycles. The van der Waals surface area contributed by atoms with E-state index in [1.165, 1.54) is 51.4 Å². The van der Waals surface area contributed by atoms with Gasteiger partial charge in [-0.3, -0.25) is 9.69 Å². The van der Waals surface area contributed by atoms with Crippen LogP contribution in [0.5, 0.6) is 0 Å². The first-order chi connectivity index (χ1) is 7.84. The van der Waals surface area contributed by atoms with Gasteiger partial charge in [-0.2, -0.15) is 0 Å². The number of Topliss-reactive ketones (excluding diaryl/α,β-unsaturated/α-hetero) is 1. The molecule has 2 bridgehead atoms. The maximum Gasteiger partial charge on any atom is 0.136 e. The molecule has 2 unspecified atom stereocenters. The van der Waals surface area contributed by atoms with Crippen LogP contribution in [0, 0.1) is 0 Å². The third kappa shape index (κ3) is 1.92. The van der Waals surface area contributed by atoms with Crippen LogP contribution in [0.15, 0.2) is 0 Å². The fraction of sp³-hybridized carbons (Fsp3) is 0.929. The highest BCUT2D eigenvalue weighted by molar-refractivity contribution is 5.80. The van der Waals surface area contributed by atoms with Gasteiger partial charge in [0, 0.05) is 31.0 Å². The molecule has 16 heavy (non-hydrogen) atoms. The van der Waals surface area contributed by atoms with Crippen molar-refractivity contribution in [3.63, 3.8) is 0 Å². The summed E-state index contributed by atoms with van der Waals surface area (Å²) in [6, 6.07) is 2.04. The van der Waals surface area contributed by atoms with Crippen LogP contribution in [0.4, 0.5) is 0 Å². The summed E-state index contributed by atoms with van der Waals surface area (Å²) in [6.45, 7) is 0. The molecule has 2 aliphatic heterocycles. The van der Waals surface area contributed by atoms with E-state index in [0.29, 0.717) is 17.9 Å². The number of carbonyl (C=O) groups excluding carboxylic acids is 1. The number of hydrogen-bond donors (Lipinski definition) is 0. The molecule has 0 amide bonds. The fourth-order valence-electron chi connectivity index (χ4n) is 4.18. The predicted molar refractivity (Wildman–Crippen MR) is 64.4 cm³/mol. The van der Waals surface area contributed by atoms with Crippen LogP contribution in [0.1, 0.15) is 64.2 Å². The Kier molecular flexibility index (Phi) is 3.01. The van der Waals surface area contributed by atoms with Crippen molar-refractivity contribution in [1.82, 2.24) is 4.90 Å². The summed E-state index contributed by atoms with van der Waals surface area (Å²) in [4.78, 5) is 14.4. The third-order valence-corrected chi connectivity index (χ3v) is 4.84. The van der Waals surface area contributed by atoms with Gasteiger partial charge in [0.1, 0.15) is 5.78 Å². The SMILES string of the molecule is O=C1CC2CCCC(C1)N2C1CCCCC1. The summed E-state index contributed by atoms with van der Waals surface area (Å²) in [6.07, 6.45) is 12.6. The number of fused-ring (bicyclic) bond motifs is 2. The monoisotopic (exact) mass is 221 g/mol. The van der Waals surface area contributed by atoms with Crippen molar-refractivity contribution in [3.05, 3.63) is 0 Å². The Balaban J connectivity index is 1.75. The first-order valence-corrected chi connectivity index (χ1v) is 7.14. The molecule has 2 saturated heterocycles. The summed E-state index contributed by atoms with van der Waals surface area (Å²) in [5, 5.41) is 0. The van der Waals surface area contributed by atoms with E-state index in [2.05, 4.69) is 4.90 Å². The summed E-state index contributed by atoms with van der Waals surface area (Å²) >= 11 is 0. The Morgan fingerprint density at radius 1 is 0.750 bits per heavy atom. The van der Waals surface area contributed by atoms with Crippen LogP contribution < -0.4 is 0 Å². The zero-order valence-corrected chi connectivity index (χ0v) is 10.2. The molecule has 3 rings (SSSR count). The van der Waals surface area contributed by atoms with E-state index in [4.69, 9.17) is 0 Å². The number of hydrogen-bond acceptors (Lipinski definition) is 2. The summed E-state index contributed by atoms with van der Waals surface area (Å²) in [5.41, 5.74) is 0. The van der Waals surface area contributed by atoms with Crippen LogP contribution >= 0.6 is 0 Å². The molecule has 2 heterocycles. The standard InChI is InChI=1S/C14H23NO/c16-14-9-12-7-4-8-13(10-14)15(12)11-5-2-1-3-6-11/h11-13H,1-10H2. The van der Waals surface area contributed by atoms with Crippen molar-refractivity contribution in [1.29, 1.82) is 0 Å². The van der Waals surface area contributed by atoms with Gasteiger partial charge < -0.3 is 0 Å². The second kappa shape index (κ2) is 4.48. The van der Waals surface area contributed by atoms with Gasteiger partial charge in [-0.25, -0.2) is 0 Å². The molecule has 0 aromatic rings. The van der Waals surface area contributed by atoms with Crippen LogP contribution in [0.25, 0.3) is 0 Å². The van der Waals surface area contributed by atoms with Crippen molar-refractivity contribution in [3.8, 4) is 0 Å². The van der Waals surface area contributed by atoms with E-state index in [1.807, 2.05) is 0 Å². The van der Waals surface area contributed by atoms with Gasteiger partial charge in [-0.15, -0.1) is 0 Å². The number of nitrogens with zero attached hydrogens (tertiary/aromatic N) is 1. The summed E-state index contributed by atoms with van der Waals surface area (Å²) in [7, 11) is 0. The molecule has 0 spiro atoms. The highest BCUT2D eigenvalue weighted by Gasteiger charge is 2.40. The lowest BCUT2D eigenvalue weighted by atomic mass is 9.80. The van der Waals surface area contributed by atoms with Gasteiger partial charge >= 0.3 is 0 Å². The minimum Gasteiger partial charge on any atom is -0.300 e. The predicted octanol–water partition coefficient (Wildman–Crippen LogP) is 2.91. The topological polar surface area (TPSA) is 20.3 Å². The van der Waals surface area contributed by atoms with Crippen molar-refractivity contribution in [2.45, 2.75) is 82.3 Å². The highest BCUT2D eigenvalue weighted by Crippen LogP contribution is 2.37. The van der Waals surface area contributed by atoms with E-state index in [0.717, 1.165) is 18.9 Å². The number of ketones is 1. The van der Waals surface area contributed by atoms with E-state index in [9.17, 15) is 4.79 Å². The van der Waals surface area contributed by atoms with Crippen molar-refractivity contribution in [2.24, 2.45) is 0 Å². The molecule has 2 atom stereocenters. The smallest absolute Gasteiger partial charge is 0.136 e. The lowest BCUT2D eigenvalue weighted by molar-refractivity contribution is -0.129. The van der Waals surface area contributed by atoms with Gasteiger partial charge in [0.05, 0.1) is 0 Å².